The van der Waals surface area contributed by atoms with Gasteiger partial charge < -0.3 is 13.9 Å². The molecule has 5 heteroatoms. The van der Waals surface area contributed by atoms with E-state index in [0.29, 0.717) is 18.0 Å². The van der Waals surface area contributed by atoms with Crippen LogP contribution in [0, 0.1) is 0 Å². The van der Waals surface area contributed by atoms with Crippen molar-refractivity contribution < 1.29 is 23.1 Å². The summed E-state index contributed by atoms with van der Waals surface area (Å²) in [4.78, 5) is 11.9. The molecular formula is C29H35FO4. The number of hydrogen-bond donors (Lipinski definition) is 0. The largest absolute Gasteiger partial charge is 0.493 e. The minimum Gasteiger partial charge on any atom is -0.493 e. The van der Waals surface area contributed by atoms with Crippen LogP contribution in [0.1, 0.15) is 71.8 Å². The molecule has 0 saturated heterocycles. The van der Waals surface area contributed by atoms with E-state index >= 15 is 0 Å². The molecule has 0 bridgehead atoms. The number of rotatable bonds is 8. The topological polar surface area (TPSA) is 48.7 Å². The van der Waals surface area contributed by atoms with Crippen LogP contribution in [-0.4, -0.2) is 19.2 Å². The summed E-state index contributed by atoms with van der Waals surface area (Å²) in [5.41, 5.74) is 4.80. The second-order valence-electron chi connectivity index (χ2n) is 9.47. The molecular weight excluding hydrogens is 431 g/mol. The molecule has 182 valence electrons. The number of benzene rings is 2. The highest BCUT2D eigenvalue weighted by Gasteiger charge is 2.25. The maximum absolute atomic E-state index is 14.6. The molecule has 1 heterocycles. The Morgan fingerprint density at radius 3 is 2.41 bits per heavy atom. The van der Waals surface area contributed by atoms with E-state index in [-0.39, 0.29) is 17.6 Å². The summed E-state index contributed by atoms with van der Waals surface area (Å²) in [6, 6.07) is 12.0. The van der Waals surface area contributed by atoms with Crippen molar-refractivity contribution in [1.29, 1.82) is 0 Å². The Morgan fingerprint density at radius 2 is 1.79 bits per heavy atom. The highest BCUT2D eigenvalue weighted by molar-refractivity contribution is 5.99. The van der Waals surface area contributed by atoms with Gasteiger partial charge in [-0.1, -0.05) is 58.9 Å². The molecule has 2 aromatic carbocycles. The molecule has 0 aliphatic carbocycles. The van der Waals surface area contributed by atoms with Crippen LogP contribution in [0.3, 0.4) is 0 Å². The van der Waals surface area contributed by atoms with Crippen LogP contribution in [0.4, 0.5) is 4.39 Å². The van der Waals surface area contributed by atoms with Crippen molar-refractivity contribution in [3.8, 4) is 16.9 Å². The lowest BCUT2D eigenvalue weighted by atomic mass is 9.82. The van der Waals surface area contributed by atoms with Crippen molar-refractivity contribution >= 4 is 22.5 Å². The average molecular weight is 467 g/mol. The molecule has 0 amide bonds. The second-order valence-corrected chi connectivity index (χ2v) is 9.47. The number of aryl methyl sites for hydroxylation is 1. The van der Waals surface area contributed by atoms with Gasteiger partial charge >= 0.3 is 5.97 Å². The third-order valence-electron chi connectivity index (χ3n) is 5.80. The van der Waals surface area contributed by atoms with Crippen LogP contribution in [0.2, 0.25) is 0 Å². The van der Waals surface area contributed by atoms with Gasteiger partial charge in [0.05, 0.1) is 13.2 Å². The SMILES string of the molecule is CCCOc1c(-c2cccc3cc(/C(C)=C(\F)C(=O)OCC)oc23)cc(CC)cc1C(C)(C)C. The van der Waals surface area contributed by atoms with E-state index in [1.54, 1.807) is 13.0 Å². The van der Waals surface area contributed by atoms with Gasteiger partial charge in [0.2, 0.25) is 5.83 Å². The fourth-order valence-electron chi connectivity index (χ4n) is 3.93. The third-order valence-corrected chi connectivity index (χ3v) is 5.80. The monoisotopic (exact) mass is 466 g/mol. The molecule has 0 unspecified atom stereocenters. The van der Waals surface area contributed by atoms with E-state index in [4.69, 9.17) is 13.9 Å². The lowest BCUT2D eigenvalue weighted by molar-refractivity contribution is -0.140. The highest BCUT2D eigenvalue weighted by Crippen LogP contribution is 2.44. The summed E-state index contributed by atoms with van der Waals surface area (Å²) in [5, 5.41) is 0.823. The van der Waals surface area contributed by atoms with Gasteiger partial charge in [-0.3, -0.25) is 0 Å². The number of para-hydroxylation sites is 1. The van der Waals surface area contributed by atoms with Crippen molar-refractivity contribution in [1.82, 2.24) is 0 Å². The Kier molecular flexibility index (Phi) is 7.86. The molecule has 0 fully saturated rings. The van der Waals surface area contributed by atoms with Crippen LogP contribution in [-0.2, 0) is 21.4 Å². The summed E-state index contributed by atoms with van der Waals surface area (Å²) in [5.74, 6) is -0.785. The minimum atomic E-state index is -0.985. The van der Waals surface area contributed by atoms with Gasteiger partial charge in [0.1, 0.15) is 17.1 Å². The molecule has 34 heavy (non-hydrogen) atoms. The number of carbonyl (C=O) groups is 1. The van der Waals surface area contributed by atoms with Gasteiger partial charge in [-0.15, -0.1) is 0 Å². The Labute approximate surface area is 201 Å². The fourth-order valence-corrected chi connectivity index (χ4v) is 3.93. The molecule has 3 aromatic rings. The number of ether oxygens (including phenoxy) is 2. The van der Waals surface area contributed by atoms with Crippen LogP contribution >= 0.6 is 0 Å². The number of fused-ring (bicyclic) bond motifs is 1. The third kappa shape index (κ3) is 5.19. The molecule has 1 aromatic heterocycles. The van der Waals surface area contributed by atoms with Crippen LogP contribution in [0.25, 0.3) is 27.7 Å². The number of carbonyl (C=O) groups excluding carboxylic acids is 1. The Hall–Kier alpha value is -3.08. The van der Waals surface area contributed by atoms with Gasteiger partial charge in [-0.25, -0.2) is 4.79 Å². The van der Waals surface area contributed by atoms with E-state index in [0.717, 1.165) is 40.7 Å². The lowest BCUT2D eigenvalue weighted by Gasteiger charge is -2.26. The van der Waals surface area contributed by atoms with Crippen LogP contribution in [0.15, 0.2) is 46.6 Å². The van der Waals surface area contributed by atoms with Gasteiger partial charge in [-0.05, 0) is 49.8 Å². The normalized spacial score (nSPS) is 12.6. The standard InChI is InChI=1S/C29H35FO4/c1-8-14-33-27-22(15-19(9-2)16-23(27)29(5,6)7)21-13-11-12-20-17-24(34-26(20)21)18(4)25(30)28(31)32-10-3/h11-13,15-17H,8-10,14H2,1-7H3/b25-18-. The molecule has 0 aliphatic heterocycles. The van der Waals surface area contributed by atoms with Gasteiger partial charge in [-0.2, -0.15) is 4.39 Å². The number of allylic oxidation sites excluding steroid dienone is 1. The highest BCUT2D eigenvalue weighted by atomic mass is 19.1. The van der Waals surface area contributed by atoms with Crippen molar-refractivity contribution in [3.05, 3.63) is 59.1 Å². The molecule has 0 saturated carbocycles. The number of furan rings is 1. The van der Waals surface area contributed by atoms with E-state index < -0.39 is 11.8 Å². The Morgan fingerprint density at radius 1 is 1.06 bits per heavy atom. The van der Waals surface area contributed by atoms with E-state index in [1.165, 1.54) is 12.5 Å². The van der Waals surface area contributed by atoms with Gasteiger partial charge in [0.15, 0.2) is 0 Å². The van der Waals surface area contributed by atoms with E-state index in [9.17, 15) is 9.18 Å². The van der Waals surface area contributed by atoms with Crippen molar-refractivity contribution in [3.63, 3.8) is 0 Å². The lowest BCUT2D eigenvalue weighted by Crippen LogP contribution is -2.15. The van der Waals surface area contributed by atoms with Gasteiger partial charge in [0, 0.05) is 27.6 Å². The van der Waals surface area contributed by atoms with Crippen molar-refractivity contribution in [2.75, 3.05) is 13.2 Å². The summed E-state index contributed by atoms with van der Waals surface area (Å²) in [6.07, 6.45) is 1.78. The van der Waals surface area contributed by atoms with E-state index in [2.05, 4.69) is 46.8 Å². The zero-order chi connectivity index (χ0) is 25.0. The summed E-state index contributed by atoms with van der Waals surface area (Å²) in [7, 11) is 0. The molecule has 0 radical (unpaired) electrons. The number of halogens is 1. The smallest absolute Gasteiger partial charge is 0.367 e. The molecule has 0 atom stereocenters. The first-order valence-corrected chi connectivity index (χ1v) is 12.0. The predicted molar refractivity (Wildman–Crippen MR) is 136 cm³/mol. The fraction of sp³-hybridized carbons (Fsp3) is 0.414. The average Bonchev–Trinajstić information content (AvgIpc) is 3.25. The zero-order valence-corrected chi connectivity index (χ0v) is 21.3. The Balaban J connectivity index is 2.27. The molecule has 0 aliphatic rings. The van der Waals surface area contributed by atoms with Crippen LogP contribution < -0.4 is 4.74 Å². The van der Waals surface area contributed by atoms with Gasteiger partial charge in [0.25, 0.3) is 0 Å². The molecule has 0 spiro atoms. The number of esters is 1. The first kappa shape index (κ1) is 25.5. The molecule has 0 N–H and O–H groups in total. The minimum absolute atomic E-state index is 0.105. The predicted octanol–water partition coefficient (Wildman–Crippen LogP) is 8.01. The first-order chi connectivity index (χ1) is 16.1. The summed E-state index contributed by atoms with van der Waals surface area (Å²) >= 11 is 0. The quantitative estimate of drug-likeness (QED) is 0.249. The summed E-state index contributed by atoms with van der Waals surface area (Å²) in [6.45, 7) is 14.6. The number of hydrogen-bond acceptors (Lipinski definition) is 4. The molecule has 4 nitrogen and oxygen atoms in total. The Bertz CT molecular complexity index is 1210. The second kappa shape index (κ2) is 10.5. The van der Waals surface area contributed by atoms with Crippen molar-refractivity contribution in [2.45, 2.75) is 66.7 Å². The summed E-state index contributed by atoms with van der Waals surface area (Å²) < 4.78 is 31.9. The van der Waals surface area contributed by atoms with E-state index in [1.807, 2.05) is 18.2 Å². The maximum atomic E-state index is 14.6. The first-order valence-electron chi connectivity index (χ1n) is 12.0. The molecule has 3 rings (SSSR count). The van der Waals surface area contributed by atoms with Crippen LogP contribution in [0.5, 0.6) is 5.75 Å². The van der Waals surface area contributed by atoms with Crippen molar-refractivity contribution in [2.24, 2.45) is 0 Å². The maximum Gasteiger partial charge on any atom is 0.367 e. The zero-order valence-electron chi connectivity index (χ0n) is 21.3.